The Morgan fingerprint density at radius 1 is 1.09 bits per heavy atom. The maximum absolute atomic E-state index is 14.1. The molecule has 0 aliphatic carbocycles. The molecule has 9 nitrogen and oxygen atoms in total. The zero-order valence-corrected chi connectivity index (χ0v) is 27.4. The summed E-state index contributed by atoms with van der Waals surface area (Å²) in [7, 11) is 1.57. The van der Waals surface area contributed by atoms with Gasteiger partial charge in [-0.25, -0.2) is 9.79 Å². The lowest BCUT2D eigenvalue weighted by Gasteiger charge is -2.27. The molecule has 0 saturated heterocycles. The number of ether oxygens (including phenoxy) is 5. The van der Waals surface area contributed by atoms with E-state index in [-0.39, 0.29) is 19.0 Å². The number of allylic oxidation sites excluding steroid dienone is 1. The number of methoxy groups -OCH3 is 1. The molecule has 4 aromatic rings. The smallest absolute Gasteiger partial charge is 0.338 e. The Labute approximate surface area is 272 Å². The standard InChI is InChI=1S/C34H31BrN2O7S/c1-4-6-25-30(33(39)41-5-2)31(24-17-22(35)10-14-26(24)40-3)37-32(38)29(45-34(37)36-25)16-20-7-11-23(12-8-20)42-18-21-9-13-27-28(15-21)44-19-43-27/h7-17,31H,4-6,18-19H2,1-3H3/b29-16+/t31-/m1/s1. The second-order valence-electron chi connectivity index (χ2n) is 10.3. The quantitative estimate of drug-likeness (QED) is 0.198. The average molecular weight is 692 g/mol. The summed E-state index contributed by atoms with van der Waals surface area (Å²) in [4.78, 5) is 32.9. The molecule has 2 aliphatic rings. The lowest BCUT2D eigenvalue weighted by Crippen LogP contribution is -2.40. The molecule has 232 valence electrons. The molecular formula is C34H31BrN2O7S. The van der Waals surface area contributed by atoms with Crippen molar-refractivity contribution < 1.29 is 28.5 Å². The maximum atomic E-state index is 14.1. The maximum Gasteiger partial charge on any atom is 0.338 e. The largest absolute Gasteiger partial charge is 0.496 e. The van der Waals surface area contributed by atoms with Crippen LogP contribution in [0.3, 0.4) is 0 Å². The Morgan fingerprint density at radius 3 is 2.64 bits per heavy atom. The lowest BCUT2D eigenvalue weighted by atomic mass is 9.93. The molecule has 0 radical (unpaired) electrons. The Bertz CT molecular complexity index is 1960. The van der Waals surface area contributed by atoms with Gasteiger partial charge in [0.25, 0.3) is 5.56 Å². The highest BCUT2D eigenvalue weighted by Gasteiger charge is 2.36. The highest BCUT2D eigenvalue weighted by atomic mass is 79.9. The number of carbonyl (C=O) groups is 1. The molecule has 2 aliphatic heterocycles. The monoisotopic (exact) mass is 690 g/mol. The van der Waals surface area contributed by atoms with Crippen LogP contribution in [0.1, 0.15) is 49.4 Å². The number of hydrogen-bond acceptors (Lipinski definition) is 9. The van der Waals surface area contributed by atoms with E-state index >= 15 is 0 Å². The summed E-state index contributed by atoms with van der Waals surface area (Å²) in [6.07, 6.45) is 3.15. The number of rotatable bonds is 10. The van der Waals surface area contributed by atoms with Crippen molar-refractivity contribution in [3.8, 4) is 23.0 Å². The van der Waals surface area contributed by atoms with Crippen molar-refractivity contribution in [2.24, 2.45) is 4.99 Å². The minimum Gasteiger partial charge on any atom is -0.496 e. The van der Waals surface area contributed by atoms with Crippen LogP contribution in [-0.2, 0) is 16.1 Å². The highest BCUT2D eigenvalue weighted by Crippen LogP contribution is 2.38. The van der Waals surface area contributed by atoms with E-state index in [1.807, 2.05) is 73.7 Å². The van der Waals surface area contributed by atoms with Crippen LogP contribution < -0.4 is 33.8 Å². The molecule has 6 rings (SSSR count). The minimum atomic E-state index is -0.775. The molecule has 1 aromatic heterocycles. The Kier molecular flexibility index (Phi) is 9.09. The third-order valence-corrected chi connectivity index (χ3v) is 8.88. The number of fused-ring (bicyclic) bond motifs is 2. The van der Waals surface area contributed by atoms with Crippen LogP contribution in [0.15, 0.2) is 86.2 Å². The molecule has 0 saturated carbocycles. The number of thiazole rings is 1. The molecule has 0 spiro atoms. The van der Waals surface area contributed by atoms with E-state index in [2.05, 4.69) is 15.9 Å². The molecule has 3 aromatic carbocycles. The van der Waals surface area contributed by atoms with Crippen molar-refractivity contribution >= 4 is 39.3 Å². The fourth-order valence-electron chi connectivity index (χ4n) is 5.34. The summed E-state index contributed by atoms with van der Waals surface area (Å²) in [5, 5.41) is 0. The first-order valence-electron chi connectivity index (χ1n) is 14.6. The molecule has 0 amide bonds. The molecule has 0 N–H and O–H groups in total. The number of hydrogen-bond donors (Lipinski definition) is 0. The molecular weight excluding hydrogens is 660 g/mol. The molecule has 45 heavy (non-hydrogen) atoms. The molecule has 0 bridgehead atoms. The van der Waals surface area contributed by atoms with E-state index in [4.69, 9.17) is 28.7 Å². The summed E-state index contributed by atoms with van der Waals surface area (Å²) in [5.74, 6) is 2.19. The van der Waals surface area contributed by atoms with Crippen LogP contribution in [0.5, 0.6) is 23.0 Å². The summed E-state index contributed by atoms with van der Waals surface area (Å²) >= 11 is 4.84. The number of esters is 1. The van der Waals surface area contributed by atoms with Crippen molar-refractivity contribution in [3.05, 3.63) is 113 Å². The zero-order chi connectivity index (χ0) is 31.5. The van der Waals surface area contributed by atoms with E-state index in [1.165, 1.54) is 11.3 Å². The fourth-order valence-corrected chi connectivity index (χ4v) is 6.74. The first kappa shape index (κ1) is 30.7. The van der Waals surface area contributed by atoms with E-state index < -0.39 is 12.0 Å². The summed E-state index contributed by atoms with van der Waals surface area (Å²) in [5.41, 5.74) is 3.15. The van der Waals surface area contributed by atoms with Crippen LogP contribution in [-0.4, -0.2) is 31.0 Å². The van der Waals surface area contributed by atoms with Gasteiger partial charge in [-0.3, -0.25) is 9.36 Å². The van der Waals surface area contributed by atoms with Crippen molar-refractivity contribution in [1.29, 1.82) is 0 Å². The van der Waals surface area contributed by atoms with Crippen LogP contribution in [0, 0.1) is 0 Å². The summed E-state index contributed by atoms with van der Waals surface area (Å²) in [6.45, 7) is 4.58. The second kappa shape index (κ2) is 13.3. The number of nitrogens with zero attached hydrogens (tertiary/aromatic N) is 2. The summed E-state index contributed by atoms with van der Waals surface area (Å²) < 4.78 is 30.9. The number of benzene rings is 3. The van der Waals surface area contributed by atoms with E-state index in [1.54, 1.807) is 18.6 Å². The predicted molar refractivity (Wildman–Crippen MR) is 174 cm³/mol. The van der Waals surface area contributed by atoms with Gasteiger partial charge in [-0.2, -0.15) is 0 Å². The number of aromatic nitrogens is 1. The minimum absolute atomic E-state index is 0.199. The van der Waals surface area contributed by atoms with Gasteiger partial charge in [-0.1, -0.05) is 58.8 Å². The van der Waals surface area contributed by atoms with E-state index in [9.17, 15) is 9.59 Å². The van der Waals surface area contributed by atoms with Crippen LogP contribution in [0.25, 0.3) is 6.08 Å². The van der Waals surface area contributed by atoms with Gasteiger partial charge in [0.05, 0.1) is 29.5 Å². The lowest BCUT2D eigenvalue weighted by molar-refractivity contribution is -0.139. The van der Waals surface area contributed by atoms with Crippen molar-refractivity contribution in [2.75, 3.05) is 20.5 Å². The second-order valence-corrected chi connectivity index (χ2v) is 12.3. The Balaban J connectivity index is 1.36. The molecule has 3 heterocycles. The molecule has 11 heteroatoms. The van der Waals surface area contributed by atoms with Crippen LogP contribution >= 0.6 is 27.3 Å². The van der Waals surface area contributed by atoms with Crippen LogP contribution in [0.4, 0.5) is 0 Å². The first-order valence-corrected chi connectivity index (χ1v) is 16.2. The van der Waals surface area contributed by atoms with Gasteiger partial charge in [0.2, 0.25) is 6.79 Å². The van der Waals surface area contributed by atoms with Gasteiger partial charge in [0.1, 0.15) is 24.1 Å². The number of carbonyl (C=O) groups excluding carboxylic acids is 1. The molecule has 0 fully saturated rings. The van der Waals surface area contributed by atoms with Crippen molar-refractivity contribution in [3.63, 3.8) is 0 Å². The third-order valence-electron chi connectivity index (χ3n) is 7.40. The topological polar surface area (TPSA) is 97.6 Å². The van der Waals surface area contributed by atoms with Crippen LogP contribution in [0.2, 0.25) is 0 Å². The van der Waals surface area contributed by atoms with Gasteiger partial charge >= 0.3 is 5.97 Å². The third kappa shape index (κ3) is 6.27. The van der Waals surface area contributed by atoms with Gasteiger partial charge in [-0.15, -0.1) is 0 Å². The van der Waals surface area contributed by atoms with E-state index in [0.29, 0.717) is 56.4 Å². The van der Waals surface area contributed by atoms with Gasteiger partial charge in [0.15, 0.2) is 16.3 Å². The Morgan fingerprint density at radius 2 is 1.89 bits per heavy atom. The highest BCUT2D eigenvalue weighted by molar-refractivity contribution is 9.10. The van der Waals surface area contributed by atoms with Gasteiger partial charge in [-0.05, 0) is 73.0 Å². The fraction of sp³-hybridized carbons (Fsp3) is 0.265. The zero-order valence-electron chi connectivity index (χ0n) is 25.0. The predicted octanol–water partition coefficient (Wildman–Crippen LogP) is 5.66. The first-order chi connectivity index (χ1) is 21.9. The van der Waals surface area contributed by atoms with E-state index in [0.717, 1.165) is 27.8 Å². The molecule has 1 atom stereocenters. The Hall–Kier alpha value is -4.35. The van der Waals surface area contributed by atoms with Crippen molar-refractivity contribution in [1.82, 2.24) is 4.57 Å². The SMILES string of the molecule is CCCC1=C(C(=O)OCC)[C@@H](c2cc(Br)ccc2OC)n2c(s/c(=C/c3ccc(OCc4ccc5c(c4)OCO5)cc3)c2=O)=N1. The van der Waals surface area contributed by atoms with Gasteiger partial charge < -0.3 is 23.7 Å². The number of halogens is 1. The van der Waals surface area contributed by atoms with Gasteiger partial charge in [0, 0.05) is 10.0 Å². The molecule has 0 unspecified atom stereocenters. The normalized spacial score (nSPS) is 15.5. The van der Waals surface area contributed by atoms with Crippen molar-refractivity contribution in [2.45, 2.75) is 39.3 Å². The average Bonchev–Trinajstić information content (AvgIpc) is 3.63. The summed E-state index contributed by atoms with van der Waals surface area (Å²) in [6, 6.07) is 18.0.